The molecule has 7 nitrogen and oxygen atoms in total. The molecule has 0 radical (unpaired) electrons. The van der Waals surface area contributed by atoms with Crippen LogP contribution in [0.25, 0.3) is 0 Å². The summed E-state index contributed by atoms with van der Waals surface area (Å²) in [5, 5.41) is 10.2. The molecule has 0 unspecified atom stereocenters. The van der Waals surface area contributed by atoms with Gasteiger partial charge in [0.15, 0.2) is 5.78 Å². The number of hydrogen-bond donors (Lipinski definition) is 1. The lowest BCUT2D eigenvalue weighted by Gasteiger charge is -1.96. The summed E-state index contributed by atoms with van der Waals surface area (Å²) in [6, 6.07) is 5.35. The minimum absolute atomic E-state index is 0. The summed E-state index contributed by atoms with van der Waals surface area (Å²) in [4.78, 5) is 20.7. The van der Waals surface area contributed by atoms with Crippen LogP contribution in [0.3, 0.4) is 0 Å². The van der Waals surface area contributed by atoms with Crippen LogP contribution in [0.4, 0.5) is 5.69 Å². The summed E-state index contributed by atoms with van der Waals surface area (Å²) in [7, 11) is 0. The second-order valence-electron chi connectivity index (χ2n) is 2.43. The molecule has 8 heteroatoms. The second kappa shape index (κ2) is 8.74. The fourth-order valence-electron chi connectivity index (χ4n) is 0.887. The zero-order chi connectivity index (χ0) is 9.84. The lowest BCUT2D eigenvalue weighted by Crippen LogP contribution is -2.13. The van der Waals surface area contributed by atoms with Gasteiger partial charge in [-0.3, -0.25) is 14.9 Å². The molecule has 0 atom stereocenters. The summed E-state index contributed by atoms with van der Waals surface area (Å²) >= 11 is 0. The van der Waals surface area contributed by atoms with Crippen LogP contribution in [0, 0.1) is 10.1 Å². The van der Waals surface area contributed by atoms with Crippen LogP contribution in [-0.2, 0) is 0 Å². The maximum Gasteiger partial charge on any atom is 0.269 e. The minimum Gasteiger partial charge on any atom is -0.412 e. The number of Topliss-reactive ketones (excluding diaryl/α,β-unsaturated/α-hetero) is 1. The monoisotopic (exact) mass is 252 g/mol. The number of nitrogens with two attached hydrogens (primary N) is 1. The van der Waals surface area contributed by atoms with Gasteiger partial charge in [0, 0.05) is 17.7 Å². The molecular weight excluding hydrogens is 240 g/mol. The van der Waals surface area contributed by atoms with Gasteiger partial charge in [-0.1, -0.05) is 0 Å². The van der Waals surface area contributed by atoms with E-state index in [1.165, 1.54) is 24.3 Å². The van der Waals surface area contributed by atoms with E-state index < -0.39 is 4.92 Å². The van der Waals surface area contributed by atoms with Gasteiger partial charge in [-0.05, 0) is 12.1 Å². The van der Waals surface area contributed by atoms with Crippen LogP contribution >= 0.6 is 12.4 Å². The molecular formula is C8H13ClN2O5. The number of nitro benzene ring substituents is 1. The molecule has 0 aliphatic rings. The molecule has 0 aliphatic heterocycles. The molecule has 0 aliphatic carbocycles. The first kappa shape index (κ1) is 19.9. The van der Waals surface area contributed by atoms with Crippen LogP contribution in [0.5, 0.6) is 0 Å². The second-order valence-corrected chi connectivity index (χ2v) is 2.43. The van der Waals surface area contributed by atoms with Gasteiger partial charge >= 0.3 is 0 Å². The summed E-state index contributed by atoms with van der Waals surface area (Å²) in [6.45, 7) is -0.0855. The molecule has 6 N–H and O–H groups in total. The Bertz CT molecular complexity index is 341. The van der Waals surface area contributed by atoms with Gasteiger partial charge in [-0.15, -0.1) is 12.4 Å². The Morgan fingerprint density at radius 2 is 1.69 bits per heavy atom. The van der Waals surface area contributed by atoms with E-state index in [-0.39, 0.29) is 41.4 Å². The van der Waals surface area contributed by atoms with Crippen LogP contribution in [0.1, 0.15) is 10.4 Å². The number of rotatable bonds is 3. The number of nitro groups is 1. The zero-order valence-corrected chi connectivity index (χ0v) is 8.99. The molecule has 0 heterocycles. The van der Waals surface area contributed by atoms with Gasteiger partial charge in [0.1, 0.15) is 0 Å². The smallest absolute Gasteiger partial charge is 0.269 e. The van der Waals surface area contributed by atoms with Gasteiger partial charge in [0.25, 0.3) is 5.69 Å². The van der Waals surface area contributed by atoms with Crippen LogP contribution in [0.2, 0.25) is 0 Å². The van der Waals surface area contributed by atoms with Gasteiger partial charge in [-0.2, -0.15) is 0 Å². The molecule has 1 aromatic carbocycles. The lowest BCUT2D eigenvalue weighted by atomic mass is 10.1. The van der Waals surface area contributed by atoms with E-state index in [1.807, 2.05) is 0 Å². The molecule has 0 saturated heterocycles. The Kier molecular flexibility index (Phi) is 10.9. The van der Waals surface area contributed by atoms with Crippen LogP contribution in [-0.4, -0.2) is 28.2 Å². The Morgan fingerprint density at radius 3 is 2.00 bits per heavy atom. The number of non-ortho nitro benzene ring substituents is 1. The first-order valence-corrected chi connectivity index (χ1v) is 3.63. The molecule has 0 aromatic heterocycles. The van der Waals surface area contributed by atoms with Crippen molar-refractivity contribution in [3.8, 4) is 0 Å². The highest BCUT2D eigenvalue weighted by Gasteiger charge is 2.07. The number of nitrogens with zero attached hydrogens (tertiary/aromatic N) is 1. The first-order valence-electron chi connectivity index (χ1n) is 3.63. The molecule has 0 fully saturated rings. The van der Waals surface area contributed by atoms with Crippen LogP contribution < -0.4 is 5.73 Å². The predicted octanol–water partition coefficient (Wildman–Crippen LogP) is -0.491. The van der Waals surface area contributed by atoms with E-state index in [0.717, 1.165) is 0 Å². The molecule has 0 amide bonds. The highest BCUT2D eigenvalue weighted by atomic mass is 35.5. The number of ketones is 1. The predicted molar refractivity (Wildman–Crippen MR) is 61.0 cm³/mol. The zero-order valence-electron chi connectivity index (χ0n) is 8.17. The molecule has 1 aromatic rings. The van der Waals surface area contributed by atoms with Crippen molar-refractivity contribution in [1.29, 1.82) is 0 Å². The SMILES string of the molecule is Cl.NCC(=O)c1ccc([N+](=O)[O-])cc1.O.O. The molecule has 0 bridgehead atoms. The average Bonchev–Trinajstić information content (AvgIpc) is 2.17. The molecule has 0 saturated carbocycles. The molecule has 92 valence electrons. The maximum atomic E-state index is 11.0. The fourth-order valence-corrected chi connectivity index (χ4v) is 0.887. The number of carbonyl (C=O) groups is 1. The highest BCUT2D eigenvalue weighted by molar-refractivity contribution is 5.97. The quantitative estimate of drug-likeness (QED) is 0.438. The summed E-state index contributed by atoms with van der Waals surface area (Å²) in [5.74, 6) is -0.227. The number of carbonyl (C=O) groups excluding carboxylic acids is 1. The van der Waals surface area contributed by atoms with Crippen molar-refractivity contribution in [1.82, 2.24) is 0 Å². The number of hydrogen-bond acceptors (Lipinski definition) is 4. The number of benzene rings is 1. The Balaban J connectivity index is -0.000000563. The standard InChI is InChI=1S/C8H8N2O3.ClH.2H2O/c9-5-8(11)6-1-3-7(4-2-6)10(12)13;;;/h1-4H,5,9H2;1H;2*1H2. The Morgan fingerprint density at radius 1 is 1.25 bits per heavy atom. The van der Waals surface area contributed by atoms with Crippen LogP contribution in [0.15, 0.2) is 24.3 Å². The number of halogens is 1. The minimum atomic E-state index is -0.517. The summed E-state index contributed by atoms with van der Waals surface area (Å²) < 4.78 is 0. The topological polar surface area (TPSA) is 149 Å². The van der Waals surface area contributed by atoms with Crippen molar-refractivity contribution < 1.29 is 20.7 Å². The lowest BCUT2D eigenvalue weighted by molar-refractivity contribution is -0.384. The van der Waals surface area contributed by atoms with Crippen molar-refractivity contribution in [3.63, 3.8) is 0 Å². The normalized spacial score (nSPS) is 7.81. The van der Waals surface area contributed by atoms with Crippen molar-refractivity contribution in [2.24, 2.45) is 5.73 Å². The van der Waals surface area contributed by atoms with E-state index >= 15 is 0 Å². The third-order valence-electron chi connectivity index (χ3n) is 1.59. The van der Waals surface area contributed by atoms with E-state index in [1.54, 1.807) is 0 Å². The van der Waals surface area contributed by atoms with Gasteiger partial charge < -0.3 is 16.7 Å². The first-order chi connectivity index (χ1) is 6.15. The van der Waals surface area contributed by atoms with Crippen molar-refractivity contribution >= 4 is 23.9 Å². The summed E-state index contributed by atoms with van der Waals surface area (Å²) in [6.07, 6.45) is 0. The third kappa shape index (κ3) is 4.80. The highest BCUT2D eigenvalue weighted by Crippen LogP contribution is 2.11. The van der Waals surface area contributed by atoms with Gasteiger partial charge in [0.2, 0.25) is 0 Å². The largest absolute Gasteiger partial charge is 0.412 e. The van der Waals surface area contributed by atoms with Gasteiger partial charge in [0.05, 0.1) is 11.5 Å². The summed E-state index contributed by atoms with van der Waals surface area (Å²) in [5.41, 5.74) is 5.48. The van der Waals surface area contributed by atoms with Crippen molar-refractivity contribution in [2.75, 3.05) is 6.54 Å². The third-order valence-corrected chi connectivity index (χ3v) is 1.59. The molecule has 16 heavy (non-hydrogen) atoms. The van der Waals surface area contributed by atoms with Crippen molar-refractivity contribution in [2.45, 2.75) is 0 Å². The van der Waals surface area contributed by atoms with Crippen molar-refractivity contribution in [3.05, 3.63) is 39.9 Å². The average molecular weight is 253 g/mol. The Labute approximate surface area is 97.4 Å². The van der Waals surface area contributed by atoms with E-state index in [2.05, 4.69) is 0 Å². The molecule has 1 rings (SSSR count). The van der Waals surface area contributed by atoms with E-state index in [0.29, 0.717) is 5.56 Å². The Hall–Kier alpha value is -1.54. The molecule has 0 spiro atoms. The van der Waals surface area contributed by atoms with E-state index in [9.17, 15) is 14.9 Å². The van der Waals surface area contributed by atoms with Gasteiger partial charge in [-0.25, -0.2) is 0 Å². The van der Waals surface area contributed by atoms with E-state index in [4.69, 9.17) is 5.73 Å². The fraction of sp³-hybridized carbons (Fsp3) is 0.125. The maximum absolute atomic E-state index is 11.0.